The minimum Gasteiger partial charge on any atom is -0.343 e. The quantitative estimate of drug-likeness (QED) is 0.745. The normalized spacial score (nSPS) is 20.1. The highest BCUT2D eigenvalue weighted by Crippen LogP contribution is 2.11. The van der Waals surface area contributed by atoms with Crippen molar-refractivity contribution in [2.24, 2.45) is 0 Å². The first-order chi connectivity index (χ1) is 8.63. The summed E-state index contributed by atoms with van der Waals surface area (Å²) in [7, 11) is 4.15. The zero-order valence-electron chi connectivity index (χ0n) is 12.2. The van der Waals surface area contributed by atoms with Crippen LogP contribution in [0.25, 0.3) is 0 Å². The minimum absolute atomic E-state index is 0.315. The van der Waals surface area contributed by atoms with Crippen LogP contribution < -0.4 is 5.32 Å². The predicted molar refractivity (Wildman–Crippen MR) is 75.7 cm³/mol. The first kappa shape index (κ1) is 15.4. The SMILES string of the molecule is CCN(CCCN(C)C)C(=O)CC1CCCCN1. The highest BCUT2D eigenvalue weighted by atomic mass is 16.2. The first-order valence-corrected chi connectivity index (χ1v) is 7.29. The highest BCUT2D eigenvalue weighted by Gasteiger charge is 2.19. The lowest BCUT2D eigenvalue weighted by Gasteiger charge is -2.27. The smallest absolute Gasteiger partial charge is 0.224 e. The van der Waals surface area contributed by atoms with Crippen molar-refractivity contribution in [1.82, 2.24) is 15.1 Å². The number of piperidine rings is 1. The summed E-state index contributed by atoms with van der Waals surface area (Å²) in [6, 6.07) is 0.411. The van der Waals surface area contributed by atoms with E-state index in [0.29, 0.717) is 18.4 Å². The number of carbonyl (C=O) groups excluding carboxylic acids is 1. The average Bonchev–Trinajstić information content (AvgIpc) is 2.35. The molecule has 1 fully saturated rings. The van der Waals surface area contributed by atoms with E-state index in [9.17, 15) is 4.79 Å². The molecule has 0 aromatic carbocycles. The molecule has 18 heavy (non-hydrogen) atoms. The number of amides is 1. The van der Waals surface area contributed by atoms with Crippen LogP contribution in [0.5, 0.6) is 0 Å². The third-order valence-electron chi connectivity index (χ3n) is 3.60. The van der Waals surface area contributed by atoms with Crippen LogP contribution in [0.1, 0.15) is 39.0 Å². The van der Waals surface area contributed by atoms with Crippen LogP contribution in [-0.4, -0.2) is 62.0 Å². The lowest BCUT2D eigenvalue weighted by Crippen LogP contribution is -2.41. The topological polar surface area (TPSA) is 35.6 Å². The van der Waals surface area contributed by atoms with Gasteiger partial charge in [0.2, 0.25) is 5.91 Å². The van der Waals surface area contributed by atoms with Gasteiger partial charge in [0, 0.05) is 25.6 Å². The van der Waals surface area contributed by atoms with E-state index in [1.54, 1.807) is 0 Å². The van der Waals surface area contributed by atoms with E-state index in [1.165, 1.54) is 12.8 Å². The van der Waals surface area contributed by atoms with E-state index in [-0.39, 0.29) is 0 Å². The van der Waals surface area contributed by atoms with Crippen molar-refractivity contribution in [1.29, 1.82) is 0 Å². The maximum Gasteiger partial charge on any atom is 0.224 e. The fourth-order valence-corrected chi connectivity index (χ4v) is 2.48. The Morgan fingerprint density at radius 1 is 1.28 bits per heavy atom. The van der Waals surface area contributed by atoms with Crippen molar-refractivity contribution in [2.75, 3.05) is 40.3 Å². The van der Waals surface area contributed by atoms with E-state index >= 15 is 0 Å². The maximum absolute atomic E-state index is 12.2. The second-order valence-corrected chi connectivity index (χ2v) is 5.48. The second-order valence-electron chi connectivity index (χ2n) is 5.48. The monoisotopic (exact) mass is 255 g/mol. The molecule has 0 spiro atoms. The van der Waals surface area contributed by atoms with Crippen molar-refractivity contribution >= 4 is 5.91 Å². The van der Waals surface area contributed by atoms with Crippen LogP contribution in [0.4, 0.5) is 0 Å². The molecule has 1 unspecified atom stereocenters. The molecule has 1 rings (SSSR count). The summed E-state index contributed by atoms with van der Waals surface area (Å²) in [5.74, 6) is 0.315. The predicted octanol–water partition coefficient (Wildman–Crippen LogP) is 1.32. The van der Waals surface area contributed by atoms with Gasteiger partial charge in [0.1, 0.15) is 0 Å². The summed E-state index contributed by atoms with van der Waals surface area (Å²) in [5, 5.41) is 3.45. The molecular formula is C14H29N3O. The van der Waals surface area contributed by atoms with E-state index in [1.807, 2.05) is 4.90 Å². The van der Waals surface area contributed by atoms with Gasteiger partial charge in [-0.15, -0.1) is 0 Å². The van der Waals surface area contributed by atoms with Crippen LogP contribution >= 0.6 is 0 Å². The molecule has 1 aliphatic rings. The zero-order chi connectivity index (χ0) is 13.4. The molecule has 0 radical (unpaired) electrons. The third kappa shape index (κ3) is 5.83. The van der Waals surface area contributed by atoms with Gasteiger partial charge in [0.25, 0.3) is 0 Å². The van der Waals surface area contributed by atoms with Gasteiger partial charge in [-0.25, -0.2) is 0 Å². The number of hydrogen-bond donors (Lipinski definition) is 1. The van der Waals surface area contributed by atoms with E-state index in [4.69, 9.17) is 0 Å². The number of nitrogens with zero attached hydrogens (tertiary/aromatic N) is 2. The van der Waals surface area contributed by atoms with Gasteiger partial charge in [-0.2, -0.15) is 0 Å². The van der Waals surface area contributed by atoms with E-state index < -0.39 is 0 Å². The molecule has 106 valence electrons. The van der Waals surface area contributed by atoms with Gasteiger partial charge in [-0.05, 0) is 53.4 Å². The van der Waals surface area contributed by atoms with Crippen LogP contribution in [-0.2, 0) is 4.79 Å². The first-order valence-electron chi connectivity index (χ1n) is 7.29. The van der Waals surface area contributed by atoms with Gasteiger partial charge in [-0.1, -0.05) is 6.42 Å². The fourth-order valence-electron chi connectivity index (χ4n) is 2.48. The van der Waals surface area contributed by atoms with Crippen molar-refractivity contribution in [3.63, 3.8) is 0 Å². The van der Waals surface area contributed by atoms with Crippen molar-refractivity contribution in [3.05, 3.63) is 0 Å². The summed E-state index contributed by atoms with van der Waals surface area (Å²) < 4.78 is 0. The van der Waals surface area contributed by atoms with Crippen LogP contribution in [0.3, 0.4) is 0 Å². The van der Waals surface area contributed by atoms with Gasteiger partial charge in [0.15, 0.2) is 0 Å². The van der Waals surface area contributed by atoms with Gasteiger partial charge in [-0.3, -0.25) is 4.79 Å². The molecule has 1 heterocycles. The Balaban J connectivity index is 2.27. The van der Waals surface area contributed by atoms with Crippen molar-refractivity contribution < 1.29 is 4.79 Å². The summed E-state index contributed by atoms with van der Waals surface area (Å²) in [4.78, 5) is 16.4. The van der Waals surface area contributed by atoms with E-state index in [0.717, 1.165) is 39.0 Å². The molecule has 1 amide bonds. The molecule has 4 heteroatoms. The molecule has 0 aromatic heterocycles. The maximum atomic E-state index is 12.2. The largest absolute Gasteiger partial charge is 0.343 e. The third-order valence-corrected chi connectivity index (χ3v) is 3.60. The summed E-state index contributed by atoms with van der Waals surface area (Å²) in [6.07, 6.45) is 5.41. The second kappa shape index (κ2) is 8.48. The lowest BCUT2D eigenvalue weighted by atomic mass is 10.0. The van der Waals surface area contributed by atoms with Crippen LogP contribution in [0.2, 0.25) is 0 Å². The average molecular weight is 255 g/mol. The molecule has 0 bridgehead atoms. The highest BCUT2D eigenvalue weighted by molar-refractivity contribution is 5.76. The Morgan fingerprint density at radius 3 is 2.61 bits per heavy atom. The van der Waals surface area contributed by atoms with E-state index in [2.05, 4.69) is 31.2 Å². The molecule has 4 nitrogen and oxygen atoms in total. The Hall–Kier alpha value is -0.610. The van der Waals surface area contributed by atoms with Crippen LogP contribution in [0.15, 0.2) is 0 Å². The fraction of sp³-hybridized carbons (Fsp3) is 0.929. The van der Waals surface area contributed by atoms with Gasteiger partial charge >= 0.3 is 0 Å². The standard InChI is InChI=1S/C14H29N3O/c1-4-17(11-7-10-16(2)3)14(18)12-13-8-5-6-9-15-13/h13,15H,4-12H2,1-3H3. The van der Waals surface area contributed by atoms with Gasteiger partial charge < -0.3 is 15.1 Å². The molecule has 0 saturated carbocycles. The summed E-state index contributed by atoms with van der Waals surface area (Å²) >= 11 is 0. The molecule has 1 N–H and O–H groups in total. The zero-order valence-corrected chi connectivity index (χ0v) is 12.2. The lowest BCUT2D eigenvalue weighted by molar-refractivity contribution is -0.131. The molecule has 0 aliphatic carbocycles. The Kier molecular flexibility index (Phi) is 7.28. The Bertz CT molecular complexity index is 237. The summed E-state index contributed by atoms with van der Waals surface area (Å²) in [5.41, 5.74) is 0. The number of carbonyl (C=O) groups is 1. The van der Waals surface area contributed by atoms with Crippen molar-refractivity contribution in [2.45, 2.75) is 45.1 Å². The Labute approximate surface area is 112 Å². The molecule has 1 saturated heterocycles. The molecule has 1 atom stereocenters. The van der Waals surface area contributed by atoms with Gasteiger partial charge in [0.05, 0.1) is 0 Å². The summed E-state index contributed by atoms with van der Waals surface area (Å²) in [6.45, 7) is 5.91. The Morgan fingerprint density at radius 2 is 2.06 bits per heavy atom. The number of nitrogens with one attached hydrogen (secondary N) is 1. The number of hydrogen-bond acceptors (Lipinski definition) is 3. The van der Waals surface area contributed by atoms with Crippen LogP contribution in [0, 0.1) is 0 Å². The minimum atomic E-state index is 0.315. The molecule has 1 aliphatic heterocycles. The van der Waals surface area contributed by atoms with Crippen molar-refractivity contribution in [3.8, 4) is 0 Å². The number of rotatable bonds is 7. The molecular weight excluding hydrogens is 226 g/mol. The molecule has 0 aromatic rings.